The molecule has 0 unspecified atom stereocenters. The predicted molar refractivity (Wildman–Crippen MR) is 93.3 cm³/mol. The molecule has 0 aliphatic carbocycles. The maximum Gasteiger partial charge on any atom is 0.262 e. The number of rotatable bonds is 7. The Morgan fingerprint density at radius 2 is 1.96 bits per heavy atom. The summed E-state index contributed by atoms with van der Waals surface area (Å²) in [7, 11) is 0. The fraction of sp³-hybridized carbons (Fsp3) is 0.222. The van der Waals surface area contributed by atoms with E-state index in [1.54, 1.807) is 30.3 Å². The van der Waals surface area contributed by atoms with E-state index in [2.05, 4.69) is 5.32 Å². The first kappa shape index (κ1) is 17.8. The highest BCUT2D eigenvalue weighted by Crippen LogP contribution is 2.28. The van der Waals surface area contributed by atoms with Crippen LogP contribution in [0.5, 0.6) is 11.5 Å². The Morgan fingerprint density at radius 3 is 2.67 bits per heavy atom. The van der Waals surface area contributed by atoms with Crippen LogP contribution in [0.1, 0.15) is 22.8 Å². The molecule has 5 nitrogen and oxygen atoms in total. The molecule has 0 aliphatic heterocycles. The summed E-state index contributed by atoms with van der Waals surface area (Å²) in [5, 5.41) is 3.29. The number of hydrogen-bond donors (Lipinski definition) is 1. The molecule has 1 amide bonds. The van der Waals surface area contributed by atoms with Crippen molar-refractivity contribution in [3.05, 3.63) is 52.5 Å². The molecule has 0 bridgehead atoms. The largest absolute Gasteiger partial charge is 0.490 e. The Hall–Kier alpha value is -2.53. The predicted octanol–water partition coefficient (Wildman–Crippen LogP) is 3.88. The molecule has 0 saturated carbocycles. The maximum atomic E-state index is 12.1. The molecule has 0 spiro atoms. The van der Waals surface area contributed by atoms with Crippen LogP contribution in [0.2, 0.25) is 5.02 Å². The average molecular weight is 348 g/mol. The van der Waals surface area contributed by atoms with Gasteiger partial charge in [-0.2, -0.15) is 0 Å². The molecular weight excluding hydrogens is 330 g/mol. The van der Waals surface area contributed by atoms with E-state index in [1.165, 1.54) is 0 Å². The van der Waals surface area contributed by atoms with E-state index in [9.17, 15) is 9.59 Å². The smallest absolute Gasteiger partial charge is 0.262 e. The zero-order valence-corrected chi connectivity index (χ0v) is 14.2. The van der Waals surface area contributed by atoms with E-state index in [0.717, 1.165) is 11.8 Å². The van der Waals surface area contributed by atoms with Crippen molar-refractivity contribution in [3.8, 4) is 11.5 Å². The molecule has 126 valence electrons. The van der Waals surface area contributed by atoms with Crippen molar-refractivity contribution < 1.29 is 19.1 Å². The van der Waals surface area contributed by atoms with Gasteiger partial charge in [0.1, 0.15) is 6.29 Å². The van der Waals surface area contributed by atoms with Crippen LogP contribution >= 0.6 is 11.6 Å². The monoisotopic (exact) mass is 347 g/mol. The number of aldehydes is 1. The SMILES string of the molecule is CCOc1cc(C=O)ccc1OCC(=O)Nc1cc(Cl)ccc1C. The molecule has 1 N–H and O–H groups in total. The fourth-order valence-electron chi connectivity index (χ4n) is 2.04. The highest BCUT2D eigenvalue weighted by Gasteiger charge is 2.10. The summed E-state index contributed by atoms with van der Waals surface area (Å²) in [6.07, 6.45) is 0.723. The minimum atomic E-state index is -0.317. The molecule has 0 fully saturated rings. The second-order valence-electron chi connectivity index (χ2n) is 5.05. The minimum Gasteiger partial charge on any atom is -0.490 e. The number of halogens is 1. The number of carbonyl (C=O) groups is 2. The van der Waals surface area contributed by atoms with Gasteiger partial charge in [0.15, 0.2) is 18.1 Å². The third kappa shape index (κ3) is 4.73. The highest BCUT2D eigenvalue weighted by atomic mass is 35.5. The third-order valence-electron chi connectivity index (χ3n) is 3.24. The Morgan fingerprint density at radius 1 is 1.17 bits per heavy atom. The molecule has 24 heavy (non-hydrogen) atoms. The Balaban J connectivity index is 2.03. The van der Waals surface area contributed by atoms with E-state index in [1.807, 2.05) is 19.9 Å². The minimum absolute atomic E-state index is 0.188. The van der Waals surface area contributed by atoms with Crippen LogP contribution in [0.3, 0.4) is 0 Å². The number of benzene rings is 2. The number of carbonyl (C=O) groups excluding carboxylic acids is 2. The van der Waals surface area contributed by atoms with Gasteiger partial charge in [-0.25, -0.2) is 0 Å². The van der Waals surface area contributed by atoms with Gasteiger partial charge in [0.2, 0.25) is 0 Å². The lowest BCUT2D eigenvalue weighted by atomic mass is 10.2. The van der Waals surface area contributed by atoms with Crippen molar-refractivity contribution in [2.45, 2.75) is 13.8 Å². The molecule has 0 saturated heterocycles. The van der Waals surface area contributed by atoms with E-state index in [-0.39, 0.29) is 12.5 Å². The van der Waals surface area contributed by atoms with Gasteiger partial charge in [-0.05, 0) is 49.7 Å². The van der Waals surface area contributed by atoms with Gasteiger partial charge in [-0.1, -0.05) is 17.7 Å². The lowest BCUT2D eigenvalue weighted by Crippen LogP contribution is -2.21. The van der Waals surface area contributed by atoms with Gasteiger partial charge in [0.25, 0.3) is 5.91 Å². The van der Waals surface area contributed by atoms with Crippen molar-refractivity contribution in [3.63, 3.8) is 0 Å². The number of hydrogen-bond acceptors (Lipinski definition) is 4. The summed E-state index contributed by atoms with van der Waals surface area (Å²) >= 11 is 5.93. The van der Waals surface area contributed by atoms with E-state index >= 15 is 0 Å². The molecule has 0 atom stereocenters. The van der Waals surface area contributed by atoms with Gasteiger partial charge in [-0.15, -0.1) is 0 Å². The van der Waals surface area contributed by atoms with Crippen molar-refractivity contribution in [1.29, 1.82) is 0 Å². The van der Waals surface area contributed by atoms with Crippen LogP contribution in [0.15, 0.2) is 36.4 Å². The Bertz CT molecular complexity index is 746. The van der Waals surface area contributed by atoms with Gasteiger partial charge in [0.05, 0.1) is 6.61 Å². The van der Waals surface area contributed by atoms with Crippen molar-refractivity contribution in [1.82, 2.24) is 0 Å². The maximum absolute atomic E-state index is 12.1. The van der Waals surface area contributed by atoms with Crippen LogP contribution in [-0.4, -0.2) is 25.4 Å². The molecule has 2 aromatic carbocycles. The first-order valence-corrected chi connectivity index (χ1v) is 7.82. The third-order valence-corrected chi connectivity index (χ3v) is 3.47. The normalized spacial score (nSPS) is 10.1. The molecule has 0 aliphatic rings. The molecular formula is C18H18ClNO4. The standard InChI is InChI=1S/C18H18ClNO4/c1-3-23-17-8-13(10-21)5-7-16(17)24-11-18(22)20-15-9-14(19)6-4-12(15)2/h4-10H,3,11H2,1-2H3,(H,20,22). The Kier molecular flexibility index (Phi) is 6.21. The molecule has 6 heteroatoms. The fourth-order valence-corrected chi connectivity index (χ4v) is 2.22. The summed E-state index contributed by atoms with van der Waals surface area (Å²) in [6.45, 7) is 3.93. The van der Waals surface area contributed by atoms with Crippen molar-refractivity contribution in [2.24, 2.45) is 0 Å². The van der Waals surface area contributed by atoms with Gasteiger partial charge in [0, 0.05) is 16.3 Å². The van der Waals surface area contributed by atoms with Crippen LogP contribution in [0, 0.1) is 6.92 Å². The van der Waals surface area contributed by atoms with Gasteiger partial charge in [-0.3, -0.25) is 9.59 Å². The summed E-state index contributed by atoms with van der Waals surface area (Å²) < 4.78 is 10.9. The second kappa shape index (κ2) is 8.36. The number of amides is 1. The zero-order chi connectivity index (χ0) is 17.5. The van der Waals surface area contributed by atoms with Gasteiger partial charge < -0.3 is 14.8 Å². The average Bonchev–Trinajstić information content (AvgIpc) is 2.57. The number of aryl methyl sites for hydroxylation is 1. The van der Waals surface area contributed by atoms with Crippen molar-refractivity contribution in [2.75, 3.05) is 18.5 Å². The quantitative estimate of drug-likeness (QED) is 0.772. The first-order valence-electron chi connectivity index (χ1n) is 7.44. The summed E-state index contributed by atoms with van der Waals surface area (Å²) in [6, 6.07) is 10.0. The van der Waals surface area contributed by atoms with Crippen LogP contribution in [-0.2, 0) is 4.79 Å². The molecule has 2 rings (SSSR count). The topological polar surface area (TPSA) is 64.6 Å². The summed E-state index contributed by atoms with van der Waals surface area (Å²) in [5.41, 5.74) is 2.01. The van der Waals surface area contributed by atoms with Gasteiger partial charge >= 0.3 is 0 Å². The van der Waals surface area contributed by atoms with Crippen molar-refractivity contribution >= 4 is 29.5 Å². The lowest BCUT2D eigenvalue weighted by Gasteiger charge is -2.13. The summed E-state index contributed by atoms with van der Waals surface area (Å²) in [5.74, 6) is 0.511. The molecule has 0 aromatic heterocycles. The van der Waals surface area contributed by atoms with E-state index in [4.69, 9.17) is 21.1 Å². The second-order valence-corrected chi connectivity index (χ2v) is 5.49. The van der Waals surface area contributed by atoms with Crippen LogP contribution in [0.25, 0.3) is 0 Å². The van der Waals surface area contributed by atoms with E-state index in [0.29, 0.717) is 34.4 Å². The first-order chi connectivity index (χ1) is 11.5. The molecule has 0 radical (unpaired) electrons. The zero-order valence-electron chi connectivity index (χ0n) is 13.5. The Labute approximate surface area is 145 Å². The molecule has 0 heterocycles. The lowest BCUT2D eigenvalue weighted by molar-refractivity contribution is -0.118. The molecule has 2 aromatic rings. The number of ether oxygens (including phenoxy) is 2. The summed E-state index contributed by atoms with van der Waals surface area (Å²) in [4.78, 5) is 22.9. The highest BCUT2D eigenvalue weighted by molar-refractivity contribution is 6.31. The van der Waals surface area contributed by atoms with E-state index < -0.39 is 0 Å². The number of nitrogens with one attached hydrogen (secondary N) is 1. The number of anilines is 1. The van der Waals surface area contributed by atoms with Crippen LogP contribution < -0.4 is 14.8 Å². The van der Waals surface area contributed by atoms with Crippen LogP contribution in [0.4, 0.5) is 5.69 Å².